The zero-order valence-electron chi connectivity index (χ0n) is 32.4. The van der Waals surface area contributed by atoms with Gasteiger partial charge in [-0.2, -0.15) is 0 Å². The van der Waals surface area contributed by atoms with Crippen LogP contribution in [0.3, 0.4) is 0 Å². The maximum absolute atomic E-state index is 14.6. The van der Waals surface area contributed by atoms with Gasteiger partial charge in [-0.05, 0) is 93.5 Å². The van der Waals surface area contributed by atoms with E-state index in [2.05, 4.69) is 20.6 Å². The molecule has 13 nitrogen and oxygen atoms in total. The molecule has 57 heavy (non-hydrogen) atoms. The molecule has 3 aliphatic rings. The molecular weight excluding hydrogens is 735 g/mol. The number of hydrogen-bond donors (Lipinski definition) is 2. The van der Waals surface area contributed by atoms with Crippen LogP contribution in [0.15, 0.2) is 99.6 Å². The number of rotatable bonds is 10. The third-order valence-corrected chi connectivity index (χ3v) is 10.3. The van der Waals surface area contributed by atoms with E-state index in [1.165, 1.54) is 32.4 Å². The Morgan fingerprint density at radius 3 is 2.47 bits per heavy atom. The lowest BCUT2D eigenvalue weighted by atomic mass is 9.90. The maximum atomic E-state index is 14.6. The fraction of sp³-hybridized carbons (Fsp3) is 0.381. The van der Waals surface area contributed by atoms with E-state index in [0.717, 1.165) is 29.0 Å². The quantitative estimate of drug-likeness (QED) is 0.205. The van der Waals surface area contributed by atoms with E-state index in [9.17, 15) is 28.0 Å². The van der Waals surface area contributed by atoms with Gasteiger partial charge in [-0.1, -0.05) is 36.4 Å². The molecule has 1 unspecified atom stereocenters. The number of aromatic nitrogens is 3. The van der Waals surface area contributed by atoms with Crippen LogP contribution in [-0.2, 0) is 16.1 Å². The molecule has 0 spiro atoms. The third kappa shape index (κ3) is 8.88. The van der Waals surface area contributed by atoms with Crippen LogP contribution < -0.4 is 21.9 Å². The van der Waals surface area contributed by atoms with Crippen LogP contribution in [-0.4, -0.2) is 86.1 Å². The van der Waals surface area contributed by atoms with E-state index in [-0.39, 0.29) is 35.6 Å². The van der Waals surface area contributed by atoms with Crippen molar-refractivity contribution in [3.63, 3.8) is 0 Å². The normalized spacial score (nSPS) is 19.2. The lowest BCUT2D eigenvalue weighted by Gasteiger charge is -2.30. The summed E-state index contributed by atoms with van der Waals surface area (Å²) in [7, 11) is 1.70. The van der Waals surface area contributed by atoms with Crippen molar-refractivity contribution in [2.24, 2.45) is 4.99 Å². The van der Waals surface area contributed by atoms with Crippen molar-refractivity contribution >= 4 is 28.9 Å². The highest BCUT2D eigenvalue weighted by molar-refractivity contribution is 6.00. The topological polar surface area (TPSA) is 143 Å². The second-order valence-electron chi connectivity index (χ2n) is 15.7. The molecule has 1 atom stereocenters. The minimum absolute atomic E-state index is 0.0130. The monoisotopic (exact) mass is 780 g/mol. The number of halogens is 2. The zero-order chi connectivity index (χ0) is 40.4. The highest BCUT2D eigenvalue weighted by atomic mass is 19.1. The van der Waals surface area contributed by atoms with Crippen molar-refractivity contribution in [2.75, 3.05) is 26.7 Å². The van der Waals surface area contributed by atoms with Crippen molar-refractivity contribution in [1.29, 1.82) is 0 Å². The second-order valence-corrected chi connectivity index (χ2v) is 15.7. The number of amidine groups is 1. The predicted octanol–water partition coefficient (Wildman–Crippen LogP) is 5.37. The van der Waals surface area contributed by atoms with Crippen molar-refractivity contribution in [2.45, 2.75) is 76.7 Å². The maximum Gasteiger partial charge on any atom is 0.410 e. The predicted molar refractivity (Wildman–Crippen MR) is 213 cm³/mol. The molecule has 2 aromatic carbocycles. The largest absolute Gasteiger partial charge is 0.444 e. The van der Waals surface area contributed by atoms with Crippen LogP contribution in [0.5, 0.6) is 0 Å². The van der Waals surface area contributed by atoms with Crippen molar-refractivity contribution in [3.05, 3.63) is 117 Å². The number of hydrogen-bond acceptors (Lipinski definition) is 9. The second kappa shape index (κ2) is 16.3. The molecule has 2 aromatic heterocycles. The molecule has 4 heterocycles. The molecule has 4 aromatic rings. The number of carbonyl (C=O) groups excluding carboxylic acids is 2. The summed E-state index contributed by atoms with van der Waals surface area (Å²) < 4.78 is 36.2. The molecule has 2 amide bonds. The van der Waals surface area contributed by atoms with E-state index in [1.54, 1.807) is 18.0 Å². The zero-order valence-corrected chi connectivity index (χ0v) is 32.4. The summed E-state index contributed by atoms with van der Waals surface area (Å²) in [6.45, 7) is 7.39. The molecule has 1 saturated carbocycles. The van der Waals surface area contributed by atoms with Gasteiger partial charge in [0.2, 0.25) is 5.91 Å². The lowest BCUT2D eigenvalue weighted by Crippen LogP contribution is -2.47. The van der Waals surface area contributed by atoms with E-state index >= 15 is 0 Å². The number of aliphatic imine (C=N–C) groups is 1. The van der Waals surface area contributed by atoms with E-state index in [4.69, 9.17) is 4.74 Å². The van der Waals surface area contributed by atoms with Gasteiger partial charge >= 0.3 is 11.8 Å². The van der Waals surface area contributed by atoms with Gasteiger partial charge in [0.25, 0.3) is 5.56 Å². The van der Waals surface area contributed by atoms with Gasteiger partial charge < -0.3 is 25.2 Å². The molecule has 2 aliphatic heterocycles. The number of amides is 2. The first-order valence-electron chi connectivity index (χ1n) is 19.1. The molecule has 7 rings (SSSR count). The average molecular weight is 781 g/mol. The molecular formula is C42H46F2N8O5. The molecule has 1 fully saturated rings. The Morgan fingerprint density at radius 1 is 0.982 bits per heavy atom. The fourth-order valence-corrected chi connectivity index (χ4v) is 7.36. The summed E-state index contributed by atoms with van der Waals surface area (Å²) in [6.07, 6.45) is 6.65. The molecule has 1 aliphatic carbocycles. The number of benzene rings is 2. The summed E-state index contributed by atoms with van der Waals surface area (Å²) in [5.74, 6) is -0.830. The number of allylic oxidation sites excluding steroid dienone is 2. The van der Waals surface area contributed by atoms with Gasteiger partial charge in [-0.15, -0.1) is 0 Å². The number of carbonyl (C=O) groups is 2. The van der Waals surface area contributed by atoms with Gasteiger partial charge in [-0.25, -0.2) is 27.9 Å². The van der Waals surface area contributed by atoms with Crippen molar-refractivity contribution in [3.8, 4) is 16.8 Å². The summed E-state index contributed by atoms with van der Waals surface area (Å²) >= 11 is 0. The number of pyridine rings is 1. The molecule has 298 valence electrons. The Kier molecular flexibility index (Phi) is 11.2. The van der Waals surface area contributed by atoms with Crippen LogP contribution in [0.25, 0.3) is 27.8 Å². The minimum atomic E-state index is -0.693. The van der Waals surface area contributed by atoms with E-state index < -0.39 is 40.6 Å². The third-order valence-electron chi connectivity index (χ3n) is 10.3. The summed E-state index contributed by atoms with van der Waals surface area (Å²) in [6, 6.07) is 15.0. The SMILES string of the molecule is CN(CCNCc1ccc(-c2cccc(-n3c(=O)n([C@H]4CC[C@@H](NC(=O)C5CN6C=C(F)C=CC6=N5)CC4)c(=O)c4cc(F)cnc43)c2)cc1)C(=O)OC(C)(C)C. The number of nitrogens with one attached hydrogen (secondary N) is 2. The summed E-state index contributed by atoms with van der Waals surface area (Å²) in [5.41, 5.74) is 1.53. The Morgan fingerprint density at radius 2 is 1.74 bits per heavy atom. The molecule has 2 N–H and O–H groups in total. The number of likely N-dealkylation sites (N-methyl/N-ethyl adjacent to an activating group) is 1. The fourth-order valence-electron chi connectivity index (χ4n) is 7.36. The van der Waals surface area contributed by atoms with Crippen LogP contribution >= 0.6 is 0 Å². The first-order valence-corrected chi connectivity index (χ1v) is 19.1. The molecule has 15 heteroatoms. The molecule has 0 saturated heterocycles. The Hall–Kier alpha value is -5.96. The lowest BCUT2D eigenvalue weighted by molar-refractivity contribution is -0.123. The highest BCUT2D eigenvalue weighted by Crippen LogP contribution is 2.29. The molecule has 0 radical (unpaired) electrons. The van der Waals surface area contributed by atoms with Crippen LogP contribution in [0.1, 0.15) is 58.1 Å². The summed E-state index contributed by atoms with van der Waals surface area (Å²) in [4.78, 5) is 65.3. The minimum Gasteiger partial charge on any atom is -0.444 e. The van der Waals surface area contributed by atoms with E-state index in [0.29, 0.717) is 56.8 Å². The standard InChI is InChI=1S/C42H46F2N8O5/c1-42(2,3)57-41(56)49(4)19-18-45-22-26-8-10-27(11-9-26)28-6-5-7-33(20-28)51-37-34(21-30(44)23-46-37)39(54)52(40(51)55)32-15-13-31(14-16-32)47-38(53)35-25-50-24-29(43)12-17-36(50)48-35/h5-12,17,20-21,23-24,31-32,35,45H,13-16,18-19,22,25H2,1-4H3,(H,47,53)/t31-,32+,35?. The average Bonchev–Trinajstić information content (AvgIpc) is 3.61. The van der Waals surface area contributed by atoms with Gasteiger partial charge in [0.15, 0.2) is 5.65 Å². The van der Waals surface area contributed by atoms with Gasteiger partial charge in [0.05, 0.1) is 23.8 Å². The van der Waals surface area contributed by atoms with Gasteiger partial charge in [0.1, 0.15) is 29.1 Å². The summed E-state index contributed by atoms with van der Waals surface area (Å²) in [5, 5.41) is 6.38. The van der Waals surface area contributed by atoms with Gasteiger partial charge in [0, 0.05) is 45.0 Å². The Labute approximate surface area is 328 Å². The highest BCUT2D eigenvalue weighted by Gasteiger charge is 2.33. The van der Waals surface area contributed by atoms with E-state index in [1.807, 2.05) is 63.2 Å². The Bertz CT molecular complexity index is 2390. The number of fused-ring (bicyclic) bond motifs is 2. The first kappa shape index (κ1) is 39.3. The van der Waals surface area contributed by atoms with Crippen molar-refractivity contribution < 1.29 is 23.1 Å². The van der Waals surface area contributed by atoms with Gasteiger partial charge in [-0.3, -0.25) is 19.1 Å². The number of ether oxygens (including phenoxy) is 1. The first-order chi connectivity index (χ1) is 27.2. The van der Waals surface area contributed by atoms with Crippen LogP contribution in [0.4, 0.5) is 13.6 Å². The Balaban J connectivity index is 1.05. The molecule has 0 bridgehead atoms. The van der Waals surface area contributed by atoms with Crippen LogP contribution in [0, 0.1) is 5.82 Å². The number of nitrogens with zero attached hydrogens (tertiary/aromatic N) is 6. The van der Waals surface area contributed by atoms with Crippen molar-refractivity contribution in [1.82, 2.24) is 34.6 Å². The smallest absolute Gasteiger partial charge is 0.410 e. The van der Waals surface area contributed by atoms with Crippen LogP contribution in [0.2, 0.25) is 0 Å².